The van der Waals surface area contributed by atoms with Crippen molar-refractivity contribution in [1.82, 2.24) is 0 Å². The Hall–Kier alpha value is -0.0400. The Bertz CT molecular complexity index is 593. The summed E-state index contributed by atoms with van der Waals surface area (Å²) in [6, 6.07) is 0. The van der Waals surface area contributed by atoms with E-state index in [1.807, 2.05) is 0 Å². The van der Waals surface area contributed by atoms with Crippen LogP contribution in [0.25, 0.3) is 0 Å². The second-order valence-electron chi connectivity index (χ2n) is 13.4. The first-order valence-corrected chi connectivity index (χ1v) is 14.1. The lowest BCUT2D eigenvalue weighted by Gasteiger charge is -2.61. The number of hydrogen-bond acceptors (Lipinski definition) is 1. The molecule has 1 nitrogen and oxygen atoms in total. The van der Waals surface area contributed by atoms with Gasteiger partial charge in [0, 0.05) is 0 Å². The maximum Gasteiger partial charge on any atom is 0.0543 e. The van der Waals surface area contributed by atoms with E-state index in [4.69, 9.17) is 0 Å². The maximum atomic E-state index is 10.3. The summed E-state index contributed by atoms with van der Waals surface area (Å²) < 4.78 is 0. The Morgan fingerprint density at radius 3 is 2.33 bits per heavy atom. The molecule has 0 aromatic carbocycles. The molecule has 5 fully saturated rings. The van der Waals surface area contributed by atoms with Gasteiger partial charge in [0.25, 0.3) is 0 Å². The Balaban J connectivity index is 1.26. The third-order valence-corrected chi connectivity index (χ3v) is 12.2. The molecule has 1 N–H and O–H groups in total. The van der Waals surface area contributed by atoms with E-state index in [0.29, 0.717) is 10.8 Å². The van der Waals surface area contributed by atoms with Crippen molar-refractivity contribution in [3.63, 3.8) is 0 Å². The zero-order valence-corrected chi connectivity index (χ0v) is 20.4. The predicted molar refractivity (Wildman–Crippen MR) is 126 cm³/mol. The van der Waals surface area contributed by atoms with Gasteiger partial charge in [-0.2, -0.15) is 0 Å². The van der Waals surface area contributed by atoms with E-state index in [9.17, 15) is 5.11 Å². The van der Waals surface area contributed by atoms with Crippen LogP contribution in [0, 0.1) is 52.3 Å². The highest BCUT2D eigenvalue weighted by atomic mass is 16.3. The Morgan fingerprint density at radius 1 is 0.800 bits per heavy atom. The molecule has 30 heavy (non-hydrogen) atoms. The second-order valence-corrected chi connectivity index (χ2v) is 13.4. The summed E-state index contributed by atoms with van der Waals surface area (Å²) in [4.78, 5) is 0. The van der Waals surface area contributed by atoms with Crippen LogP contribution in [-0.2, 0) is 0 Å². The third kappa shape index (κ3) is 3.62. The molecule has 0 amide bonds. The van der Waals surface area contributed by atoms with E-state index in [2.05, 4.69) is 20.8 Å². The van der Waals surface area contributed by atoms with Crippen LogP contribution in [0.15, 0.2) is 0 Å². The van der Waals surface area contributed by atoms with Crippen LogP contribution in [0.5, 0.6) is 0 Å². The monoisotopic (exact) mass is 414 g/mol. The van der Waals surface area contributed by atoms with Crippen LogP contribution >= 0.6 is 0 Å². The first-order valence-electron chi connectivity index (χ1n) is 14.1. The molecule has 5 rings (SSSR count). The average molecular weight is 415 g/mol. The summed E-state index contributed by atoms with van der Waals surface area (Å²) in [6.07, 6.45) is 23.0. The number of aliphatic hydroxyl groups excluding tert-OH is 1. The minimum Gasteiger partial charge on any atom is -0.393 e. The molecule has 5 aliphatic rings. The van der Waals surface area contributed by atoms with E-state index in [1.54, 1.807) is 0 Å². The van der Waals surface area contributed by atoms with E-state index in [0.717, 1.165) is 54.3 Å². The highest BCUT2D eigenvalue weighted by Gasteiger charge is 2.60. The predicted octanol–water partition coefficient (Wildman–Crippen LogP) is 8.00. The fourth-order valence-corrected chi connectivity index (χ4v) is 10.4. The summed E-state index contributed by atoms with van der Waals surface area (Å²) in [5, 5.41) is 10.3. The van der Waals surface area contributed by atoms with Gasteiger partial charge in [-0.15, -0.1) is 0 Å². The first kappa shape index (κ1) is 21.8. The summed E-state index contributed by atoms with van der Waals surface area (Å²) in [5.74, 6) is 6.75. The number of fused-ring (bicyclic) bond motifs is 5. The number of rotatable bonds is 4. The lowest BCUT2D eigenvalue weighted by Crippen LogP contribution is -2.54. The second kappa shape index (κ2) is 8.39. The summed E-state index contributed by atoms with van der Waals surface area (Å²) in [5.41, 5.74) is 1.17. The molecule has 0 radical (unpaired) electrons. The lowest BCUT2D eigenvalue weighted by atomic mass is 9.44. The maximum absolute atomic E-state index is 10.3. The normalized spacial score (nSPS) is 50.4. The fraction of sp³-hybridized carbons (Fsp3) is 1.00. The third-order valence-electron chi connectivity index (χ3n) is 12.2. The molecule has 9 atom stereocenters. The van der Waals surface area contributed by atoms with Gasteiger partial charge < -0.3 is 5.11 Å². The summed E-state index contributed by atoms with van der Waals surface area (Å²) in [6.45, 7) is 8.01. The number of aliphatic hydroxyl groups is 1. The highest BCUT2D eigenvalue weighted by Crippen LogP contribution is 2.68. The minimum atomic E-state index is -0.00523. The molecule has 0 bridgehead atoms. The van der Waals surface area contributed by atoms with Crippen LogP contribution in [-0.4, -0.2) is 11.2 Å². The fourth-order valence-electron chi connectivity index (χ4n) is 10.4. The minimum absolute atomic E-state index is 0.00523. The zero-order valence-electron chi connectivity index (χ0n) is 20.4. The van der Waals surface area contributed by atoms with Crippen molar-refractivity contribution in [3.8, 4) is 0 Å². The molecule has 0 aliphatic heterocycles. The van der Waals surface area contributed by atoms with Gasteiger partial charge in [0.2, 0.25) is 0 Å². The van der Waals surface area contributed by atoms with Gasteiger partial charge in [-0.1, -0.05) is 65.7 Å². The van der Waals surface area contributed by atoms with Crippen molar-refractivity contribution in [2.24, 2.45) is 52.3 Å². The van der Waals surface area contributed by atoms with Crippen molar-refractivity contribution < 1.29 is 5.11 Å². The van der Waals surface area contributed by atoms with Crippen molar-refractivity contribution in [3.05, 3.63) is 0 Å². The first-order chi connectivity index (χ1) is 14.4. The van der Waals surface area contributed by atoms with Crippen molar-refractivity contribution in [2.45, 2.75) is 130 Å². The molecule has 1 heteroatoms. The van der Waals surface area contributed by atoms with Gasteiger partial charge in [0.15, 0.2) is 0 Å². The van der Waals surface area contributed by atoms with E-state index < -0.39 is 0 Å². The number of hydrogen-bond donors (Lipinski definition) is 1. The van der Waals surface area contributed by atoms with Gasteiger partial charge in [-0.05, 0) is 110 Å². The molecule has 172 valence electrons. The van der Waals surface area contributed by atoms with Gasteiger partial charge in [-0.3, -0.25) is 0 Å². The van der Waals surface area contributed by atoms with Gasteiger partial charge >= 0.3 is 0 Å². The van der Waals surface area contributed by atoms with Crippen LogP contribution in [0.1, 0.15) is 124 Å². The molecule has 0 saturated heterocycles. The van der Waals surface area contributed by atoms with E-state index >= 15 is 0 Å². The average Bonchev–Trinajstić information content (AvgIpc) is 3.10. The molecule has 5 aliphatic carbocycles. The van der Waals surface area contributed by atoms with Gasteiger partial charge in [0.1, 0.15) is 0 Å². The smallest absolute Gasteiger partial charge is 0.0543 e. The van der Waals surface area contributed by atoms with Crippen molar-refractivity contribution in [2.75, 3.05) is 0 Å². The highest BCUT2D eigenvalue weighted by molar-refractivity contribution is 5.09. The molecule has 0 aromatic heterocycles. The Morgan fingerprint density at radius 2 is 1.53 bits per heavy atom. The lowest BCUT2D eigenvalue weighted by molar-refractivity contribution is -0.129. The Labute approximate surface area is 187 Å². The van der Waals surface area contributed by atoms with E-state index in [1.165, 1.54) is 89.9 Å². The van der Waals surface area contributed by atoms with Crippen LogP contribution in [0.4, 0.5) is 0 Å². The molecule has 0 unspecified atom stereocenters. The standard InChI is InChI=1S/C29H50O/c1-20(9-10-21-7-5-4-6-8-21)25-13-14-26-24-12-11-22-19-23(30)15-17-28(22,2)27(24)16-18-29(25,26)3/h20-27,30H,4-19H2,1-3H3/t20-,22+,23+,24+,25-,26+,27+,28+,29-/m1/s1. The zero-order chi connectivity index (χ0) is 20.9. The van der Waals surface area contributed by atoms with E-state index in [-0.39, 0.29) is 6.10 Å². The van der Waals surface area contributed by atoms with Crippen LogP contribution in [0.2, 0.25) is 0 Å². The molecular weight excluding hydrogens is 364 g/mol. The van der Waals surface area contributed by atoms with Crippen molar-refractivity contribution >= 4 is 0 Å². The summed E-state index contributed by atoms with van der Waals surface area (Å²) in [7, 11) is 0. The molecule has 0 heterocycles. The molecule has 0 aromatic rings. The van der Waals surface area contributed by atoms with Crippen LogP contribution < -0.4 is 0 Å². The largest absolute Gasteiger partial charge is 0.393 e. The summed E-state index contributed by atoms with van der Waals surface area (Å²) >= 11 is 0. The van der Waals surface area contributed by atoms with Crippen molar-refractivity contribution in [1.29, 1.82) is 0 Å². The quantitative estimate of drug-likeness (QED) is 0.494. The topological polar surface area (TPSA) is 20.2 Å². The SMILES string of the molecule is C[C@H](CCC1CCCCC1)[C@H]1CC[C@H]2[C@@H]3CC[C@H]4C[C@@H](O)CC[C@]4(C)[C@H]3CC[C@]12C. The Kier molecular flexibility index (Phi) is 6.09. The molecular formula is C29H50O. The van der Waals surface area contributed by atoms with Gasteiger partial charge in [-0.25, -0.2) is 0 Å². The van der Waals surface area contributed by atoms with Crippen LogP contribution in [0.3, 0.4) is 0 Å². The van der Waals surface area contributed by atoms with Gasteiger partial charge in [0.05, 0.1) is 6.10 Å². The molecule has 5 saturated carbocycles. The molecule has 0 spiro atoms.